The molecular weight excluding hydrogens is 405 g/mol. The van der Waals surface area contributed by atoms with Crippen LogP contribution in [0.5, 0.6) is 0 Å². The summed E-state index contributed by atoms with van der Waals surface area (Å²) in [6, 6.07) is 12.7. The zero-order valence-corrected chi connectivity index (χ0v) is 16.1. The predicted molar refractivity (Wildman–Crippen MR) is 101 cm³/mol. The third kappa shape index (κ3) is 3.48. The fourth-order valence-corrected chi connectivity index (χ4v) is 3.87. The maximum absolute atomic E-state index is 13.1. The Labute approximate surface area is 169 Å². The van der Waals surface area contributed by atoms with Crippen LogP contribution in [0.1, 0.15) is 34.7 Å². The molecule has 29 heavy (non-hydrogen) atoms. The summed E-state index contributed by atoms with van der Waals surface area (Å²) in [5.41, 5.74) is -0.298. The molecule has 9 heteroatoms. The molecule has 1 unspecified atom stereocenters. The molecule has 150 valence electrons. The Morgan fingerprint density at radius 1 is 1.10 bits per heavy atom. The molecule has 0 N–H and O–H groups in total. The second-order valence-corrected chi connectivity index (χ2v) is 7.25. The van der Waals surface area contributed by atoms with Crippen molar-refractivity contribution >= 4 is 17.5 Å². The zero-order chi connectivity index (χ0) is 20.8. The van der Waals surface area contributed by atoms with E-state index in [0.29, 0.717) is 18.2 Å². The van der Waals surface area contributed by atoms with Gasteiger partial charge in [0.05, 0.1) is 28.7 Å². The molecule has 0 saturated carbocycles. The SMILES string of the molecule is CC1CN(C(=O)c2cccc(C(F)(F)F)c2Cl)Cc2nnc(-c3ccccc3)n21. The van der Waals surface area contributed by atoms with E-state index in [1.54, 1.807) is 0 Å². The maximum atomic E-state index is 13.1. The molecule has 0 fully saturated rings. The van der Waals surface area contributed by atoms with Gasteiger partial charge in [-0.2, -0.15) is 13.2 Å². The highest BCUT2D eigenvalue weighted by Gasteiger charge is 2.36. The Bertz CT molecular complexity index is 1070. The molecule has 1 aliphatic rings. The lowest BCUT2D eigenvalue weighted by atomic mass is 10.1. The maximum Gasteiger partial charge on any atom is 0.417 e. The summed E-state index contributed by atoms with van der Waals surface area (Å²) in [6.45, 7) is 2.35. The van der Waals surface area contributed by atoms with Crippen molar-refractivity contribution in [1.29, 1.82) is 0 Å². The van der Waals surface area contributed by atoms with E-state index in [4.69, 9.17) is 11.6 Å². The highest BCUT2D eigenvalue weighted by Crippen LogP contribution is 2.37. The van der Waals surface area contributed by atoms with Gasteiger partial charge in [0, 0.05) is 12.1 Å². The standard InChI is InChI=1S/C20H16ClF3N4O/c1-12-10-27(19(29)14-8-5-9-15(17(14)21)20(22,23)24)11-16-25-26-18(28(12)16)13-6-3-2-4-7-13/h2-9,12H,10-11H2,1H3. The topological polar surface area (TPSA) is 51.0 Å². The number of hydrogen-bond donors (Lipinski definition) is 0. The summed E-state index contributed by atoms with van der Waals surface area (Å²) in [4.78, 5) is 14.4. The van der Waals surface area contributed by atoms with Crippen molar-refractivity contribution in [3.63, 3.8) is 0 Å². The fraction of sp³-hybridized carbons (Fsp3) is 0.250. The first kappa shape index (κ1) is 19.4. The molecule has 2 heterocycles. The van der Waals surface area contributed by atoms with Crippen LogP contribution in [-0.2, 0) is 12.7 Å². The van der Waals surface area contributed by atoms with Crippen molar-refractivity contribution in [2.45, 2.75) is 25.7 Å². The van der Waals surface area contributed by atoms with Gasteiger partial charge >= 0.3 is 6.18 Å². The van der Waals surface area contributed by atoms with E-state index in [0.717, 1.165) is 11.6 Å². The van der Waals surface area contributed by atoms with Crippen molar-refractivity contribution in [3.8, 4) is 11.4 Å². The van der Waals surface area contributed by atoms with E-state index in [-0.39, 0.29) is 18.2 Å². The third-order valence-corrected chi connectivity index (χ3v) is 5.29. The van der Waals surface area contributed by atoms with Gasteiger partial charge in [0.25, 0.3) is 5.91 Å². The number of benzene rings is 2. The van der Waals surface area contributed by atoms with Gasteiger partial charge in [-0.1, -0.05) is 48.0 Å². The number of nitrogens with zero attached hydrogens (tertiary/aromatic N) is 4. The third-order valence-electron chi connectivity index (χ3n) is 4.88. The minimum Gasteiger partial charge on any atom is -0.329 e. The lowest BCUT2D eigenvalue weighted by Gasteiger charge is -2.33. The van der Waals surface area contributed by atoms with Gasteiger partial charge < -0.3 is 9.47 Å². The molecule has 0 spiro atoms. The number of carbonyl (C=O) groups excluding carboxylic acids is 1. The van der Waals surface area contributed by atoms with E-state index in [1.165, 1.54) is 17.0 Å². The number of aromatic nitrogens is 3. The first-order valence-corrected chi connectivity index (χ1v) is 9.29. The molecule has 0 radical (unpaired) electrons. The normalized spacial score (nSPS) is 16.6. The Morgan fingerprint density at radius 2 is 1.83 bits per heavy atom. The fourth-order valence-electron chi connectivity index (χ4n) is 3.56. The van der Waals surface area contributed by atoms with Crippen LogP contribution in [0.25, 0.3) is 11.4 Å². The zero-order valence-electron chi connectivity index (χ0n) is 15.3. The Morgan fingerprint density at radius 3 is 2.52 bits per heavy atom. The summed E-state index contributed by atoms with van der Waals surface area (Å²) < 4.78 is 41.3. The van der Waals surface area contributed by atoms with Crippen LogP contribution in [0.4, 0.5) is 13.2 Å². The summed E-state index contributed by atoms with van der Waals surface area (Å²) in [7, 11) is 0. The molecule has 0 bridgehead atoms. The minimum atomic E-state index is -4.63. The summed E-state index contributed by atoms with van der Waals surface area (Å²) in [5.74, 6) is 0.694. The second-order valence-electron chi connectivity index (χ2n) is 6.88. The smallest absolute Gasteiger partial charge is 0.329 e. The van der Waals surface area contributed by atoms with Crippen LogP contribution in [0, 0.1) is 0 Å². The number of rotatable bonds is 2. The summed E-state index contributed by atoms with van der Waals surface area (Å²) >= 11 is 5.93. The quantitative estimate of drug-likeness (QED) is 0.596. The number of alkyl halides is 3. The molecule has 1 aliphatic heterocycles. The first-order chi connectivity index (χ1) is 13.8. The second kappa shape index (κ2) is 7.18. The predicted octanol–water partition coefficient (Wildman–Crippen LogP) is 4.83. The number of amides is 1. The summed E-state index contributed by atoms with van der Waals surface area (Å²) in [6.07, 6.45) is -4.63. The van der Waals surface area contributed by atoms with Gasteiger partial charge in [0.2, 0.25) is 0 Å². The van der Waals surface area contributed by atoms with E-state index < -0.39 is 22.7 Å². The summed E-state index contributed by atoms with van der Waals surface area (Å²) in [5, 5.41) is 7.86. The largest absolute Gasteiger partial charge is 0.417 e. The van der Waals surface area contributed by atoms with Crippen LogP contribution in [-0.4, -0.2) is 32.1 Å². The molecule has 0 aliphatic carbocycles. The van der Waals surface area contributed by atoms with Gasteiger partial charge in [0.1, 0.15) is 0 Å². The van der Waals surface area contributed by atoms with Crippen LogP contribution < -0.4 is 0 Å². The monoisotopic (exact) mass is 420 g/mol. The lowest BCUT2D eigenvalue weighted by Crippen LogP contribution is -2.40. The molecule has 3 aromatic rings. The van der Waals surface area contributed by atoms with Crippen LogP contribution in [0.2, 0.25) is 5.02 Å². The molecule has 4 rings (SSSR count). The van der Waals surface area contributed by atoms with E-state index in [2.05, 4.69) is 10.2 Å². The number of carbonyl (C=O) groups is 1. The molecule has 1 atom stereocenters. The van der Waals surface area contributed by atoms with Crippen molar-refractivity contribution in [1.82, 2.24) is 19.7 Å². The van der Waals surface area contributed by atoms with E-state index in [9.17, 15) is 18.0 Å². The van der Waals surface area contributed by atoms with Crippen molar-refractivity contribution in [2.75, 3.05) is 6.54 Å². The number of halogens is 4. The molecule has 1 amide bonds. The Balaban J connectivity index is 1.66. The van der Waals surface area contributed by atoms with Crippen molar-refractivity contribution < 1.29 is 18.0 Å². The van der Waals surface area contributed by atoms with Crippen molar-refractivity contribution in [2.24, 2.45) is 0 Å². The molecule has 1 aromatic heterocycles. The van der Waals surface area contributed by atoms with Crippen LogP contribution >= 0.6 is 11.6 Å². The van der Waals surface area contributed by atoms with Gasteiger partial charge in [0.15, 0.2) is 11.6 Å². The Kier molecular flexibility index (Phi) is 4.82. The minimum absolute atomic E-state index is 0.135. The van der Waals surface area contributed by atoms with E-state index >= 15 is 0 Å². The lowest BCUT2D eigenvalue weighted by molar-refractivity contribution is -0.137. The number of fused-ring (bicyclic) bond motifs is 1. The van der Waals surface area contributed by atoms with Gasteiger partial charge in [-0.05, 0) is 19.1 Å². The van der Waals surface area contributed by atoms with Crippen molar-refractivity contribution in [3.05, 3.63) is 70.5 Å². The molecule has 0 saturated heterocycles. The average molecular weight is 421 g/mol. The van der Waals surface area contributed by atoms with Gasteiger partial charge in [-0.15, -0.1) is 10.2 Å². The average Bonchev–Trinajstić information content (AvgIpc) is 3.12. The molecule has 2 aromatic carbocycles. The molecular formula is C20H16ClF3N4O. The highest BCUT2D eigenvalue weighted by molar-refractivity contribution is 6.34. The number of hydrogen-bond acceptors (Lipinski definition) is 3. The van der Waals surface area contributed by atoms with Gasteiger partial charge in [-0.3, -0.25) is 4.79 Å². The Hall–Kier alpha value is -2.87. The first-order valence-electron chi connectivity index (χ1n) is 8.91. The van der Waals surface area contributed by atoms with Crippen LogP contribution in [0.15, 0.2) is 48.5 Å². The van der Waals surface area contributed by atoms with E-state index in [1.807, 2.05) is 41.8 Å². The van der Waals surface area contributed by atoms with Crippen LogP contribution in [0.3, 0.4) is 0 Å². The molecule has 5 nitrogen and oxygen atoms in total. The van der Waals surface area contributed by atoms with Gasteiger partial charge in [-0.25, -0.2) is 0 Å². The highest BCUT2D eigenvalue weighted by atomic mass is 35.5.